The predicted octanol–water partition coefficient (Wildman–Crippen LogP) is 2.58. The van der Waals surface area contributed by atoms with Crippen molar-refractivity contribution < 1.29 is 4.74 Å². The third kappa shape index (κ3) is 3.21. The lowest BCUT2D eigenvalue weighted by Gasteiger charge is -2.49. The first-order valence-electron chi connectivity index (χ1n) is 7.92. The average molecular weight is 266 g/mol. The summed E-state index contributed by atoms with van der Waals surface area (Å²) in [5.41, 5.74) is 1.59. The van der Waals surface area contributed by atoms with Gasteiger partial charge in [0.15, 0.2) is 0 Å². The molecule has 1 saturated carbocycles. The van der Waals surface area contributed by atoms with Crippen LogP contribution in [0.15, 0.2) is 12.2 Å². The zero-order chi connectivity index (χ0) is 13.7. The normalized spacial score (nSPS) is 25.4. The molecule has 0 aromatic rings. The van der Waals surface area contributed by atoms with Crippen LogP contribution in [-0.2, 0) is 4.74 Å². The van der Waals surface area contributed by atoms with E-state index in [1.165, 1.54) is 37.7 Å². The maximum Gasteiger partial charge on any atom is 0.0594 e. The van der Waals surface area contributed by atoms with Gasteiger partial charge in [-0.1, -0.05) is 31.9 Å². The highest BCUT2D eigenvalue weighted by Crippen LogP contribution is 2.40. The quantitative estimate of drug-likeness (QED) is 0.748. The molecular weight excluding hydrogens is 236 g/mol. The Labute approximate surface area is 118 Å². The van der Waals surface area contributed by atoms with E-state index >= 15 is 0 Å². The van der Waals surface area contributed by atoms with Crippen LogP contribution < -0.4 is 5.32 Å². The van der Waals surface area contributed by atoms with Crippen LogP contribution in [0.2, 0.25) is 0 Å². The van der Waals surface area contributed by atoms with Gasteiger partial charge in [0.05, 0.1) is 13.2 Å². The van der Waals surface area contributed by atoms with E-state index < -0.39 is 0 Å². The number of hydrogen-bond donors (Lipinski definition) is 1. The fraction of sp³-hybridized carbons (Fsp3) is 0.875. The summed E-state index contributed by atoms with van der Waals surface area (Å²) >= 11 is 0. The Balaban J connectivity index is 2.17. The molecule has 1 saturated heterocycles. The number of ether oxygens (including phenoxy) is 1. The minimum atomic E-state index is 0.296. The molecule has 0 bridgehead atoms. The topological polar surface area (TPSA) is 24.5 Å². The summed E-state index contributed by atoms with van der Waals surface area (Å²) in [6, 6.07) is 0.438. The Kier molecular flexibility index (Phi) is 5.43. The van der Waals surface area contributed by atoms with Crippen molar-refractivity contribution in [1.82, 2.24) is 10.2 Å². The minimum absolute atomic E-state index is 0.296. The molecule has 0 spiro atoms. The van der Waals surface area contributed by atoms with Crippen LogP contribution in [0.25, 0.3) is 0 Å². The maximum absolute atomic E-state index is 5.54. The lowest BCUT2D eigenvalue weighted by atomic mass is 9.82. The molecule has 1 unspecified atom stereocenters. The Morgan fingerprint density at radius 1 is 1.32 bits per heavy atom. The first-order valence-corrected chi connectivity index (χ1v) is 7.92. The summed E-state index contributed by atoms with van der Waals surface area (Å²) in [4.78, 5) is 2.69. The Hall–Kier alpha value is -0.380. The van der Waals surface area contributed by atoms with Gasteiger partial charge in [-0.05, 0) is 32.7 Å². The zero-order valence-electron chi connectivity index (χ0n) is 12.7. The highest BCUT2D eigenvalue weighted by atomic mass is 16.5. The summed E-state index contributed by atoms with van der Waals surface area (Å²) in [6.45, 7) is 13.7. The standard InChI is InChI=1S/C16H30N2O/c1-4-9-17-15(14(2)3)16(7-5-6-8-16)18-10-12-19-13-11-18/h15,17H,2,4-13H2,1,3H3. The smallest absolute Gasteiger partial charge is 0.0594 e. The summed E-state index contributed by atoms with van der Waals surface area (Å²) in [5.74, 6) is 0. The number of hydrogen-bond acceptors (Lipinski definition) is 3. The van der Waals surface area contributed by atoms with E-state index in [-0.39, 0.29) is 0 Å². The van der Waals surface area contributed by atoms with Crippen LogP contribution in [0, 0.1) is 0 Å². The van der Waals surface area contributed by atoms with Gasteiger partial charge in [0.25, 0.3) is 0 Å². The van der Waals surface area contributed by atoms with Crippen LogP contribution in [0.4, 0.5) is 0 Å². The highest BCUT2D eigenvalue weighted by molar-refractivity contribution is 5.17. The van der Waals surface area contributed by atoms with Crippen molar-refractivity contribution in [2.24, 2.45) is 0 Å². The molecule has 0 radical (unpaired) electrons. The molecule has 3 nitrogen and oxygen atoms in total. The lowest BCUT2D eigenvalue weighted by molar-refractivity contribution is -0.0307. The summed E-state index contributed by atoms with van der Waals surface area (Å²) < 4.78 is 5.54. The Morgan fingerprint density at radius 2 is 1.95 bits per heavy atom. The van der Waals surface area contributed by atoms with Crippen LogP contribution in [0.3, 0.4) is 0 Å². The monoisotopic (exact) mass is 266 g/mol. The molecule has 2 rings (SSSR count). The molecule has 2 aliphatic rings. The molecule has 0 aromatic heterocycles. The largest absolute Gasteiger partial charge is 0.379 e. The second kappa shape index (κ2) is 6.87. The number of rotatable bonds is 6. The highest BCUT2D eigenvalue weighted by Gasteiger charge is 2.46. The molecule has 1 N–H and O–H groups in total. The lowest BCUT2D eigenvalue weighted by Crippen LogP contribution is -2.62. The van der Waals surface area contributed by atoms with Crippen molar-refractivity contribution in [3.63, 3.8) is 0 Å². The zero-order valence-corrected chi connectivity index (χ0v) is 12.7. The molecule has 1 aliphatic heterocycles. The van der Waals surface area contributed by atoms with Gasteiger partial charge in [0.1, 0.15) is 0 Å². The van der Waals surface area contributed by atoms with Crippen molar-refractivity contribution in [3.05, 3.63) is 12.2 Å². The van der Waals surface area contributed by atoms with E-state index in [1.54, 1.807) is 0 Å². The van der Waals surface area contributed by atoms with Gasteiger partial charge in [-0.2, -0.15) is 0 Å². The summed E-state index contributed by atoms with van der Waals surface area (Å²) in [7, 11) is 0. The molecule has 1 aliphatic carbocycles. The molecule has 110 valence electrons. The molecule has 1 atom stereocenters. The van der Waals surface area contributed by atoms with Crippen molar-refractivity contribution in [3.8, 4) is 0 Å². The van der Waals surface area contributed by atoms with Gasteiger partial charge in [-0.15, -0.1) is 0 Å². The first kappa shape index (κ1) is 15.0. The van der Waals surface area contributed by atoms with Crippen molar-refractivity contribution in [2.75, 3.05) is 32.8 Å². The molecule has 0 amide bonds. The molecule has 19 heavy (non-hydrogen) atoms. The second-order valence-electron chi connectivity index (χ2n) is 6.14. The van der Waals surface area contributed by atoms with E-state index in [0.717, 1.165) is 32.8 Å². The molecule has 0 aromatic carbocycles. The fourth-order valence-corrected chi connectivity index (χ4v) is 3.89. The van der Waals surface area contributed by atoms with E-state index in [4.69, 9.17) is 4.74 Å². The SMILES string of the molecule is C=C(C)C(NCCC)C1(N2CCOCC2)CCCC1. The van der Waals surface area contributed by atoms with Crippen LogP contribution in [0.1, 0.15) is 46.0 Å². The maximum atomic E-state index is 5.54. The minimum Gasteiger partial charge on any atom is -0.379 e. The van der Waals surface area contributed by atoms with E-state index in [9.17, 15) is 0 Å². The first-order chi connectivity index (χ1) is 9.20. The van der Waals surface area contributed by atoms with Gasteiger partial charge in [0.2, 0.25) is 0 Å². The number of nitrogens with zero attached hydrogens (tertiary/aromatic N) is 1. The average Bonchev–Trinajstić information content (AvgIpc) is 2.90. The van der Waals surface area contributed by atoms with Gasteiger partial charge >= 0.3 is 0 Å². The van der Waals surface area contributed by atoms with E-state index in [2.05, 4.69) is 30.6 Å². The fourth-order valence-electron chi connectivity index (χ4n) is 3.89. The molecule has 2 fully saturated rings. The van der Waals surface area contributed by atoms with Crippen molar-refractivity contribution in [2.45, 2.75) is 57.5 Å². The third-order valence-electron chi connectivity index (χ3n) is 4.74. The Morgan fingerprint density at radius 3 is 2.47 bits per heavy atom. The number of nitrogens with one attached hydrogen (secondary N) is 1. The van der Waals surface area contributed by atoms with Crippen LogP contribution in [0.5, 0.6) is 0 Å². The summed E-state index contributed by atoms with van der Waals surface area (Å²) in [6.07, 6.45) is 6.51. The van der Waals surface area contributed by atoms with Gasteiger partial charge in [0, 0.05) is 24.7 Å². The Bertz CT molecular complexity index is 291. The van der Waals surface area contributed by atoms with Crippen molar-refractivity contribution >= 4 is 0 Å². The van der Waals surface area contributed by atoms with E-state index in [1.807, 2.05) is 0 Å². The molecule has 1 heterocycles. The predicted molar refractivity (Wildman–Crippen MR) is 80.5 cm³/mol. The van der Waals surface area contributed by atoms with E-state index in [0.29, 0.717) is 11.6 Å². The van der Waals surface area contributed by atoms with Crippen LogP contribution >= 0.6 is 0 Å². The van der Waals surface area contributed by atoms with Gasteiger partial charge < -0.3 is 10.1 Å². The molecular formula is C16H30N2O. The summed E-state index contributed by atoms with van der Waals surface area (Å²) in [5, 5.41) is 3.77. The van der Waals surface area contributed by atoms with Gasteiger partial charge in [-0.25, -0.2) is 0 Å². The third-order valence-corrected chi connectivity index (χ3v) is 4.74. The van der Waals surface area contributed by atoms with Crippen LogP contribution in [-0.4, -0.2) is 49.3 Å². The second-order valence-corrected chi connectivity index (χ2v) is 6.14. The number of morpholine rings is 1. The van der Waals surface area contributed by atoms with Crippen molar-refractivity contribution in [1.29, 1.82) is 0 Å². The van der Waals surface area contributed by atoms with Gasteiger partial charge in [-0.3, -0.25) is 4.90 Å². The molecule has 3 heteroatoms.